The minimum Gasteiger partial charge on any atom is -0.480 e. The fourth-order valence-corrected chi connectivity index (χ4v) is 1.43. The number of anilines is 1. The molecule has 0 fully saturated rings. The Labute approximate surface area is 92.7 Å². The Kier molecular flexibility index (Phi) is 2.51. The molecule has 0 saturated carbocycles. The third-order valence-corrected chi connectivity index (χ3v) is 2.49. The number of nitrogens with zero attached hydrogens (tertiary/aromatic N) is 2. The van der Waals surface area contributed by atoms with Gasteiger partial charge in [0.1, 0.15) is 17.7 Å². The lowest BCUT2D eigenvalue weighted by atomic mass is 10.1. The molecule has 0 amide bonds. The SMILES string of the molecule is CC(C)(Nc1ncnc2c1COC2)C(=O)O. The van der Waals surface area contributed by atoms with Crippen molar-refractivity contribution >= 4 is 11.8 Å². The van der Waals surface area contributed by atoms with Crippen molar-refractivity contribution in [2.45, 2.75) is 32.6 Å². The van der Waals surface area contributed by atoms with Crippen LogP contribution >= 0.6 is 0 Å². The lowest BCUT2D eigenvalue weighted by Crippen LogP contribution is -2.40. The first-order valence-electron chi connectivity index (χ1n) is 4.93. The van der Waals surface area contributed by atoms with Crippen molar-refractivity contribution in [1.29, 1.82) is 0 Å². The van der Waals surface area contributed by atoms with Crippen molar-refractivity contribution in [1.82, 2.24) is 9.97 Å². The zero-order valence-electron chi connectivity index (χ0n) is 9.15. The molecule has 2 N–H and O–H groups in total. The van der Waals surface area contributed by atoms with E-state index in [4.69, 9.17) is 9.84 Å². The predicted molar refractivity (Wildman–Crippen MR) is 55.9 cm³/mol. The van der Waals surface area contributed by atoms with E-state index in [0.717, 1.165) is 11.3 Å². The number of ether oxygens (including phenoxy) is 1. The van der Waals surface area contributed by atoms with Gasteiger partial charge in [0.05, 0.1) is 18.9 Å². The summed E-state index contributed by atoms with van der Waals surface area (Å²) in [5.41, 5.74) is 0.598. The Morgan fingerprint density at radius 1 is 1.50 bits per heavy atom. The Hall–Kier alpha value is -1.69. The van der Waals surface area contributed by atoms with Crippen LogP contribution in [-0.4, -0.2) is 26.6 Å². The second kappa shape index (κ2) is 3.71. The summed E-state index contributed by atoms with van der Waals surface area (Å²) in [5.74, 6) is -0.395. The average Bonchev–Trinajstić information content (AvgIpc) is 2.65. The number of rotatable bonds is 3. The van der Waals surface area contributed by atoms with Gasteiger partial charge >= 0.3 is 5.97 Å². The molecule has 16 heavy (non-hydrogen) atoms. The van der Waals surface area contributed by atoms with Crippen LogP contribution < -0.4 is 5.32 Å². The Balaban J connectivity index is 2.29. The molecule has 0 bridgehead atoms. The van der Waals surface area contributed by atoms with Gasteiger partial charge in [0, 0.05) is 5.56 Å². The number of nitrogens with one attached hydrogen (secondary N) is 1. The zero-order chi connectivity index (χ0) is 11.8. The molecule has 0 unspecified atom stereocenters. The molecule has 0 saturated heterocycles. The summed E-state index contributed by atoms with van der Waals surface area (Å²) < 4.78 is 5.24. The first kappa shape index (κ1) is 10.8. The van der Waals surface area contributed by atoms with Crippen molar-refractivity contribution in [3.63, 3.8) is 0 Å². The molecule has 0 aromatic carbocycles. The highest BCUT2D eigenvalue weighted by atomic mass is 16.5. The lowest BCUT2D eigenvalue weighted by Gasteiger charge is -2.22. The van der Waals surface area contributed by atoms with E-state index in [1.165, 1.54) is 6.33 Å². The summed E-state index contributed by atoms with van der Waals surface area (Å²) in [5, 5.41) is 11.9. The third-order valence-electron chi connectivity index (χ3n) is 2.49. The minimum atomic E-state index is -1.06. The van der Waals surface area contributed by atoms with Gasteiger partial charge in [0.15, 0.2) is 0 Å². The number of aromatic nitrogens is 2. The Bertz CT molecular complexity index is 431. The fourth-order valence-electron chi connectivity index (χ4n) is 1.43. The Morgan fingerprint density at radius 2 is 2.25 bits per heavy atom. The minimum absolute atomic E-state index is 0.425. The molecule has 0 spiro atoms. The van der Waals surface area contributed by atoms with Crippen molar-refractivity contribution in [3.05, 3.63) is 17.6 Å². The quantitative estimate of drug-likeness (QED) is 0.787. The molecule has 0 radical (unpaired) electrons. The normalized spacial score (nSPS) is 14.6. The molecular weight excluding hydrogens is 210 g/mol. The second-order valence-electron chi connectivity index (χ2n) is 4.20. The van der Waals surface area contributed by atoms with Crippen molar-refractivity contribution in [2.75, 3.05) is 5.32 Å². The first-order valence-corrected chi connectivity index (χ1v) is 4.93. The molecule has 0 aliphatic carbocycles. The highest BCUT2D eigenvalue weighted by Crippen LogP contribution is 2.25. The van der Waals surface area contributed by atoms with Gasteiger partial charge in [-0.2, -0.15) is 0 Å². The molecule has 6 nitrogen and oxygen atoms in total. The van der Waals surface area contributed by atoms with Gasteiger partial charge in [0.2, 0.25) is 0 Å². The maximum Gasteiger partial charge on any atom is 0.328 e. The van der Waals surface area contributed by atoms with Crippen LogP contribution in [-0.2, 0) is 22.7 Å². The molecule has 1 aromatic rings. The smallest absolute Gasteiger partial charge is 0.328 e. The molecule has 1 aliphatic heterocycles. The van der Waals surface area contributed by atoms with E-state index in [2.05, 4.69) is 15.3 Å². The largest absolute Gasteiger partial charge is 0.480 e. The number of carbonyl (C=O) groups is 1. The highest BCUT2D eigenvalue weighted by Gasteiger charge is 2.29. The van der Waals surface area contributed by atoms with Gasteiger partial charge in [-0.15, -0.1) is 0 Å². The van der Waals surface area contributed by atoms with E-state index in [-0.39, 0.29) is 0 Å². The second-order valence-corrected chi connectivity index (χ2v) is 4.20. The van der Waals surface area contributed by atoms with E-state index in [9.17, 15) is 4.79 Å². The molecule has 2 heterocycles. The molecular formula is C10H13N3O3. The average molecular weight is 223 g/mol. The van der Waals surface area contributed by atoms with E-state index in [0.29, 0.717) is 19.0 Å². The van der Waals surface area contributed by atoms with Crippen molar-refractivity contribution < 1.29 is 14.6 Å². The van der Waals surface area contributed by atoms with Gasteiger partial charge in [-0.3, -0.25) is 0 Å². The van der Waals surface area contributed by atoms with E-state index in [1.807, 2.05) is 0 Å². The summed E-state index contributed by atoms with van der Waals surface area (Å²) in [6, 6.07) is 0. The summed E-state index contributed by atoms with van der Waals surface area (Å²) in [6.07, 6.45) is 1.41. The standard InChI is InChI=1S/C10H13N3O3/c1-10(2,9(14)15)13-8-6-3-16-4-7(6)11-5-12-8/h5H,3-4H2,1-2H3,(H,14,15)(H,11,12,13). The van der Waals surface area contributed by atoms with Crippen LogP contribution in [0, 0.1) is 0 Å². The van der Waals surface area contributed by atoms with Crippen LogP contribution in [0.25, 0.3) is 0 Å². The van der Waals surface area contributed by atoms with E-state index >= 15 is 0 Å². The van der Waals surface area contributed by atoms with Crippen molar-refractivity contribution in [3.8, 4) is 0 Å². The summed E-state index contributed by atoms with van der Waals surface area (Å²) >= 11 is 0. The van der Waals surface area contributed by atoms with Crippen LogP contribution in [0.2, 0.25) is 0 Å². The van der Waals surface area contributed by atoms with Gasteiger partial charge in [0.25, 0.3) is 0 Å². The van der Waals surface area contributed by atoms with Gasteiger partial charge < -0.3 is 15.2 Å². The number of hydrogen-bond acceptors (Lipinski definition) is 5. The van der Waals surface area contributed by atoms with Gasteiger partial charge in [-0.1, -0.05) is 0 Å². The predicted octanol–water partition coefficient (Wildman–Crippen LogP) is 0.782. The van der Waals surface area contributed by atoms with Crippen molar-refractivity contribution in [2.24, 2.45) is 0 Å². The zero-order valence-corrected chi connectivity index (χ0v) is 9.15. The number of hydrogen-bond donors (Lipinski definition) is 2. The number of carboxylic acid groups (broad SMARTS) is 1. The Morgan fingerprint density at radius 3 is 2.94 bits per heavy atom. The van der Waals surface area contributed by atoms with Crippen LogP contribution in [0.15, 0.2) is 6.33 Å². The molecule has 2 rings (SSSR count). The third kappa shape index (κ3) is 1.83. The lowest BCUT2D eigenvalue weighted by molar-refractivity contribution is -0.141. The number of aliphatic carboxylic acids is 1. The summed E-state index contributed by atoms with van der Waals surface area (Å²) in [7, 11) is 0. The molecule has 6 heteroatoms. The summed E-state index contributed by atoms with van der Waals surface area (Å²) in [6.45, 7) is 4.05. The summed E-state index contributed by atoms with van der Waals surface area (Å²) in [4.78, 5) is 19.1. The van der Waals surface area contributed by atoms with Crippen LogP contribution in [0.5, 0.6) is 0 Å². The maximum absolute atomic E-state index is 11.0. The number of fused-ring (bicyclic) bond motifs is 1. The van der Waals surface area contributed by atoms with Crippen LogP contribution in [0.3, 0.4) is 0 Å². The van der Waals surface area contributed by atoms with E-state index in [1.54, 1.807) is 13.8 Å². The van der Waals surface area contributed by atoms with Gasteiger partial charge in [-0.25, -0.2) is 14.8 Å². The molecule has 1 aliphatic rings. The topological polar surface area (TPSA) is 84.3 Å². The van der Waals surface area contributed by atoms with Crippen LogP contribution in [0.1, 0.15) is 25.1 Å². The van der Waals surface area contributed by atoms with E-state index < -0.39 is 11.5 Å². The molecule has 86 valence electrons. The highest BCUT2D eigenvalue weighted by molar-refractivity contribution is 5.81. The molecule has 1 aromatic heterocycles. The molecule has 0 atom stereocenters. The number of carboxylic acids is 1. The monoisotopic (exact) mass is 223 g/mol. The maximum atomic E-state index is 11.0. The fraction of sp³-hybridized carbons (Fsp3) is 0.500. The first-order chi connectivity index (χ1) is 7.50. The van der Waals surface area contributed by atoms with Gasteiger partial charge in [-0.05, 0) is 13.8 Å². The van der Waals surface area contributed by atoms with Crippen LogP contribution in [0.4, 0.5) is 5.82 Å².